The Morgan fingerprint density at radius 3 is 2.35 bits per heavy atom. The van der Waals surface area contributed by atoms with Gasteiger partial charge in [0, 0.05) is 26.0 Å². The van der Waals surface area contributed by atoms with Gasteiger partial charge in [-0.2, -0.15) is 0 Å². The van der Waals surface area contributed by atoms with Crippen LogP contribution in [0.25, 0.3) is 0 Å². The Morgan fingerprint density at radius 1 is 1.15 bits per heavy atom. The van der Waals surface area contributed by atoms with Crippen molar-refractivity contribution in [1.82, 2.24) is 10.8 Å². The number of rotatable bonds is 13. The zero-order chi connectivity index (χ0) is 20.2. The van der Waals surface area contributed by atoms with Gasteiger partial charge in [0.1, 0.15) is 6.61 Å². The Hall–Kier alpha value is -1.67. The summed E-state index contributed by atoms with van der Waals surface area (Å²) in [6.45, 7) is 8.65. The van der Waals surface area contributed by atoms with Crippen molar-refractivity contribution in [2.75, 3.05) is 26.9 Å². The topological polar surface area (TPSA) is 114 Å². The number of hydrogen-bond donors (Lipinski definition) is 3. The minimum atomic E-state index is -0.509. The molecule has 0 aliphatic carbocycles. The van der Waals surface area contributed by atoms with Crippen LogP contribution < -0.4 is 10.8 Å². The summed E-state index contributed by atoms with van der Waals surface area (Å²) in [6.07, 6.45) is 1.26. The van der Waals surface area contributed by atoms with Crippen molar-refractivity contribution in [3.8, 4) is 0 Å². The molecule has 0 unspecified atom stereocenters. The first-order valence-electron chi connectivity index (χ1n) is 8.96. The van der Waals surface area contributed by atoms with E-state index in [0.717, 1.165) is 0 Å². The van der Waals surface area contributed by atoms with Crippen LogP contribution in [0.3, 0.4) is 0 Å². The predicted octanol–water partition coefficient (Wildman–Crippen LogP) is 1.66. The average molecular weight is 374 g/mol. The fraction of sp³-hybridized carbons (Fsp3) is 0.833. The largest absolute Gasteiger partial charge is 0.463 e. The third kappa shape index (κ3) is 11.8. The van der Waals surface area contributed by atoms with Gasteiger partial charge in [-0.15, -0.1) is 0 Å². The van der Waals surface area contributed by atoms with Crippen LogP contribution in [-0.2, 0) is 23.9 Å². The highest BCUT2D eigenvalue weighted by Gasteiger charge is 2.26. The summed E-state index contributed by atoms with van der Waals surface area (Å²) < 4.78 is 9.89. The van der Waals surface area contributed by atoms with Gasteiger partial charge in [-0.1, -0.05) is 27.7 Å². The quantitative estimate of drug-likeness (QED) is 0.195. The van der Waals surface area contributed by atoms with Crippen molar-refractivity contribution >= 4 is 17.8 Å². The molecule has 8 nitrogen and oxygen atoms in total. The lowest BCUT2D eigenvalue weighted by atomic mass is 9.88. The van der Waals surface area contributed by atoms with E-state index >= 15 is 0 Å². The lowest BCUT2D eigenvalue weighted by molar-refractivity contribution is -0.147. The molecule has 0 spiro atoms. The standard InChI is InChI=1S/C18H34N2O6/c1-13(2)10-14(6-7-15(21)20-24)17(23)19-12-18(3,4)11-16(22)26-9-8-25-5/h13-14,24H,6-12H2,1-5H3,(H,19,23)(H,20,21)/t14-/m1/s1. The molecule has 3 N–H and O–H groups in total. The maximum absolute atomic E-state index is 12.5. The van der Waals surface area contributed by atoms with Gasteiger partial charge in [-0.25, -0.2) is 5.48 Å². The van der Waals surface area contributed by atoms with E-state index in [9.17, 15) is 14.4 Å². The van der Waals surface area contributed by atoms with Gasteiger partial charge in [0.05, 0.1) is 13.0 Å². The summed E-state index contributed by atoms with van der Waals surface area (Å²) in [5.74, 6) is -1.01. The number of esters is 1. The van der Waals surface area contributed by atoms with Gasteiger partial charge in [0.15, 0.2) is 0 Å². The smallest absolute Gasteiger partial charge is 0.306 e. The van der Waals surface area contributed by atoms with E-state index in [2.05, 4.69) is 5.32 Å². The van der Waals surface area contributed by atoms with Gasteiger partial charge in [0.2, 0.25) is 11.8 Å². The fourth-order valence-electron chi connectivity index (χ4n) is 2.50. The zero-order valence-corrected chi connectivity index (χ0v) is 16.6. The van der Waals surface area contributed by atoms with Crippen LogP contribution in [0, 0.1) is 17.3 Å². The van der Waals surface area contributed by atoms with Crippen molar-refractivity contribution < 1.29 is 29.1 Å². The Kier molecular flexibility index (Phi) is 11.8. The molecule has 0 bridgehead atoms. The second kappa shape index (κ2) is 12.6. The monoisotopic (exact) mass is 374 g/mol. The number of carbonyl (C=O) groups excluding carboxylic acids is 3. The number of amides is 2. The molecule has 0 saturated carbocycles. The van der Waals surface area contributed by atoms with E-state index in [1.807, 2.05) is 27.7 Å². The molecule has 8 heteroatoms. The first-order chi connectivity index (χ1) is 12.1. The molecule has 26 heavy (non-hydrogen) atoms. The summed E-state index contributed by atoms with van der Waals surface area (Å²) in [5, 5.41) is 11.5. The third-order valence-corrected chi connectivity index (χ3v) is 3.89. The lowest BCUT2D eigenvalue weighted by Gasteiger charge is -2.26. The molecule has 0 aromatic rings. The summed E-state index contributed by atoms with van der Waals surface area (Å²) in [6, 6.07) is 0. The lowest BCUT2D eigenvalue weighted by Crippen LogP contribution is -2.39. The number of nitrogens with one attached hydrogen (secondary N) is 2. The average Bonchev–Trinajstić information content (AvgIpc) is 2.55. The molecule has 152 valence electrons. The van der Waals surface area contributed by atoms with Crippen LogP contribution in [0.2, 0.25) is 0 Å². The molecule has 0 heterocycles. The number of methoxy groups -OCH3 is 1. The molecule has 0 rings (SSSR count). The molecule has 0 saturated heterocycles. The van der Waals surface area contributed by atoms with Crippen molar-refractivity contribution in [2.24, 2.45) is 17.3 Å². The second-order valence-corrected chi connectivity index (χ2v) is 7.67. The normalized spacial score (nSPS) is 12.6. The summed E-state index contributed by atoms with van der Waals surface area (Å²) in [4.78, 5) is 35.5. The second-order valence-electron chi connectivity index (χ2n) is 7.67. The highest BCUT2D eigenvalue weighted by atomic mass is 16.6. The van der Waals surface area contributed by atoms with E-state index < -0.39 is 11.3 Å². The molecular formula is C18H34N2O6. The number of carbonyl (C=O) groups is 3. The summed E-state index contributed by atoms with van der Waals surface area (Å²) in [7, 11) is 1.53. The van der Waals surface area contributed by atoms with E-state index in [1.165, 1.54) is 7.11 Å². The maximum Gasteiger partial charge on any atom is 0.306 e. The molecule has 2 amide bonds. The number of hydrogen-bond acceptors (Lipinski definition) is 6. The van der Waals surface area contributed by atoms with Crippen LogP contribution in [0.1, 0.15) is 53.4 Å². The van der Waals surface area contributed by atoms with Gasteiger partial charge < -0.3 is 14.8 Å². The minimum absolute atomic E-state index is 0.0799. The van der Waals surface area contributed by atoms with Crippen LogP contribution in [0.15, 0.2) is 0 Å². The molecule has 0 aromatic carbocycles. The van der Waals surface area contributed by atoms with Gasteiger partial charge >= 0.3 is 5.97 Å². The summed E-state index contributed by atoms with van der Waals surface area (Å²) >= 11 is 0. The first-order valence-corrected chi connectivity index (χ1v) is 8.96. The third-order valence-electron chi connectivity index (χ3n) is 3.89. The molecule has 0 aliphatic heterocycles. The number of ether oxygens (including phenoxy) is 2. The highest BCUT2D eigenvalue weighted by Crippen LogP contribution is 2.22. The Morgan fingerprint density at radius 2 is 1.81 bits per heavy atom. The zero-order valence-electron chi connectivity index (χ0n) is 16.6. The van der Waals surface area contributed by atoms with Gasteiger partial charge in [0.25, 0.3) is 0 Å². The molecule has 1 atom stereocenters. The van der Waals surface area contributed by atoms with E-state index in [-0.39, 0.29) is 37.2 Å². The molecule has 0 aliphatic rings. The SMILES string of the molecule is COCCOC(=O)CC(C)(C)CNC(=O)[C@H](CCC(=O)NO)CC(C)C. The fourth-order valence-corrected chi connectivity index (χ4v) is 2.50. The Labute approximate surface area is 156 Å². The van der Waals surface area contributed by atoms with E-state index in [4.69, 9.17) is 14.7 Å². The first kappa shape index (κ1) is 24.3. The van der Waals surface area contributed by atoms with Crippen molar-refractivity contribution in [3.63, 3.8) is 0 Å². The van der Waals surface area contributed by atoms with Crippen LogP contribution >= 0.6 is 0 Å². The van der Waals surface area contributed by atoms with Crippen molar-refractivity contribution in [3.05, 3.63) is 0 Å². The maximum atomic E-state index is 12.5. The van der Waals surface area contributed by atoms with Crippen molar-refractivity contribution in [1.29, 1.82) is 0 Å². The molecular weight excluding hydrogens is 340 g/mol. The van der Waals surface area contributed by atoms with E-state index in [1.54, 1.807) is 5.48 Å². The number of hydroxylamine groups is 1. The molecule has 0 aromatic heterocycles. The highest BCUT2D eigenvalue weighted by molar-refractivity contribution is 5.80. The van der Waals surface area contributed by atoms with Crippen LogP contribution in [-0.4, -0.2) is 49.9 Å². The minimum Gasteiger partial charge on any atom is -0.463 e. The predicted molar refractivity (Wildman–Crippen MR) is 96.4 cm³/mol. The Bertz CT molecular complexity index is 451. The van der Waals surface area contributed by atoms with Crippen LogP contribution in [0.4, 0.5) is 0 Å². The Balaban J connectivity index is 4.52. The molecule has 0 fully saturated rings. The van der Waals surface area contributed by atoms with Gasteiger partial charge in [-0.05, 0) is 24.2 Å². The van der Waals surface area contributed by atoms with Crippen molar-refractivity contribution in [2.45, 2.75) is 53.4 Å². The van der Waals surface area contributed by atoms with Crippen LogP contribution in [0.5, 0.6) is 0 Å². The summed E-state index contributed by atoms with van der Waals surface area (Å²) in [5.41, 5.74) is 1.13. The van der Waals surface area contributed by atoms with Gasteiger partial charge in [-0.3, -0.25) is 19.6 Å². The van der Waals surface area contributed by atoms with E-state index in [0.29, 0.717) is 31.9 Å². The molecule has 0 radical (unpaired) electrons.